The van der Waals surface area contributed by atoms with E-state index in [4.69, 9.17) is 29.9 Å². The number of nitrogens with zero attached hydrogens (tertiary/aromatic N) is 6. The molecule has 0 aliphatic heterocycles. The molecule has 0 atom stereocenters. The van der Waals surface area contributed by atoms with Crippen LogP contribution in [-0.2, 0) is 16.2 Å². The van der Waals surface area contributed by atoms with Crippen LogP contribution in [0.1, 0.15) is 66.8 Å². The van der Waals surface area contributed by atoms with Crippen molar-refractivity contribution in [1.82, 2.24) is 29.9 Å². The molecule has 0 unspecified atom stereocenters. The lowest BCUT2D eigenvalue weighted by Gasteiger charge is -2.30. The third-order valence-corrected chi connectivity index (χ3v) is 28.4. The van der Waals surface area contributed by atoms with E-state index in [0.717, 1.165) is 101 Å². The number of hydrogen-bond donors (Lipinski definition) is 0. The molecule has 0 bridgehead atoms. The van der Waals surface area contributed by atoms with Crippen molar-refractivity contribution in [3.63, 3.8) is 0 Å². The Kier molecular flexibility index (Phi) is 15.8. The number of hydrogen-bond acceptors (Lipinski definition) is 6. The van der Waals surface area contributed by atoms with Crippen LogP contribution in [0.4, 0.5) is 0 Å². The summed E-state index contributed by atoms with van der Waals surface area (Å²) in [6.45, 7) is 0. The Hall–Kier alpha value is -16.8. The highest BCUT2D eigenvalue weighted by atomic mass is 15.0. The van der Waals surface area contributed by atoms with Gasteiger partial charge < -0.3 is 0 Å². The average molecular weight is 1640 g/mol. The summed E-state index contributed by atoms with van der Waals surface area (Å²) in [6, 6.07) is 165. The van der Waals surface area contributed by atoms with Crippen molar-refractivity contribution in [1.29, 1.82) is 0 Å². The van der Waals surface area contributed by atoms with Crippen molar-refractivity contribution in [2.45, 2.75) is 16.2 Å². The molecular weight excluding hydrogens is 1560 g/mol. The van der Waals surface area contributed by atoms with Crippen LogP contribution in [0.2, 0.25) is 0 Å². The SMILES string of the molecule is c1ccc(-c2cc(-c3ccc4c(c3)C3(c5ccccc5-c5ccccc53)c3ccccc3-4)cc(-c3cccc(-c4ccc(-c5cc(-c6cccc(-c7ccc(-c8nc(-c9ccccc9)nc(-c9ccc%10c(c9)C9(c%11ccccc%11-c%11ccccc%119)c9ccccc9-%10)n8)cc7)c6)nc(-c6ccc7c(c6)C6(c8ccccc8-c8ccccc86)c6ccccc6-7)n5)cc4)c3)n2)cc1. The van der Waals surface area contributed by atoms with Crippen LogP contribution in [0.5, 0.6) is 0 Å². The van der Waals surface area contributed by atoms with Gasteiger partial charge >= 0.3 is 0 Å². The highest BCUT2D eigenvalue weighted by Crippen LogP contribution is 2.67. The molecule has 596 valence electrons. The molecule has 21 aromatic rings. The average Bonchev–Trinajstić information content (AvgIpc) is 1.52. The van der Waals surface area contributed by atoms with E-state index in [1.54, 1.807) is 0 Å². The van der Waals surface area contributed by atoms with Crippen LogP contribution in [0.3, 0.4) is 0 Å². The molecule has 0 N–H and O–H groups in total. The summed E-state index contributed by atoms with van der Waals surface area (Å²) in [7, 11) is 0. The second kappa shape index (κ2) is 28.1. The number of rotatable bonds is 11. The molecule has 3 aromatic heterocycles. The molecule has 6 aliphatic carbocycles. The second-order valence-electron chi connectivity index (χ2n) is 34.9. The molecular formula is C123H74N6. The summed E-state index contributed by atoms with van der Waals surface area (Å²) in [5.74, 6) is 2.44. The van der Waals surface area contributed by atoms with Crippen molar-refractivity contribution < 1.29 is 0 Å². The maximum Gasteiger partial charge on any atom is 0.164 e. The highest BCUT2D eigenvalue weighted by Gasteiger charge is 2.55. The Morgan fingerprint density at radius 2 is 0.326 bits per heavy atom. The molecule has 6 heteroatoms. The lowest BCUT2D eigenvalue weighted by molar-refractivity contribution is 0.794. The van der Waals surface area contributed by atoms with Crippen molar-refractivity contribution >= 4 is 0 Å². The summed E-state index contributed by atoms with van der Waals surface area (Å²) >= 11 is 0. The summed E-state index contributed by atoms with van der Waals surface area (Å²) in [5, 5.41) is 0. The van der Waals surface area contributed by atoms with E-state index in [0.29, 0.717) is 23.3 Å². The van der Waals surface area contributed by atoms with Crippen LogP contribution in [0.15, 0.2) is 449 Å². The van der Waals surface area contributed by atoms with Gasteiger partial charge in [-0.15, -0.1) is 0 Å². The first kappa shape index (κ1) is 72.6. The van der Waals surface area contributed by atoms with Crippen LogP contribution in [0.25, 0.3) is 191 Å². The van der Waals surface area contributed by atoms with Gasteiger partial charge in [0.05, 0.1) is 39.0 Å². The Morgan fingerprint density at radius 1 is 0.109 bits per heavy atom. The van der Waals surface area contributed by atoms with Gasteiger partial charge in [-0.3, -0.25) is 0 Å². The molecule has 0 radical (unpaired) electrons. The fourth-order valence-electron chi connectivity index (χ4n) is 22.9. The maximum atomic E-state index is 5.67. The lowest BCUT2D eigenvalue weighted by Crippen LogP contribution is -2.25. The minimum atomic E-state index is -0.557. The van der Waals surface area contributed by atoms with E-state index in [-0.39, 0.29) is 0 Å². The second-order valence-corrected chi connectivity index (χ2v) is 34.9. The van der Waals surface area contributed by atoms with E-state index in [2.05, 4.69) is 431 Å². The third-order valence-electron chi connectivity index (χ3n) is 28.4. The van der Waals surface area contributed by atoms with E-state index >= 15 is 0 Å². The van der Waals surface area contributed by atoms with Gasteiger partial charge in [-0.05, 0) is 215 Å². The molecule has 129 heavy (non-hydrogen) atoms. The highest BCUT2D eigenvalue weighted by molar-refractivity contribution is 6.01. The first-order valence-corrected chi connectivity index (χ1v) is 44.4. The standard InChI is InChI=1S/C123H74N6/c1-3-27-77(28-4-1)113-72-88(83-61-64-98-95-41-13-22-50-107(95)121(110(98)69-83)101-44-16-7-35-89(101)90-36-8-17-45-102(90)121)73-114(124-113)84-33-25-31-81(67-84)75-53-57-78(58-54-75)115-74-116(126-119(125-115)86-62-65-99-96-42-14-23-51-108(96)122(111(99)70-86)103-46-18-9-37-91(103)92-38-10-19-47-104(92)122)85-34-26-32-82(68-85)76-55-59-80(60-56-76)118-127-117(79-29-5-2-6-30-79)128-120(129-118)87-63-66-100-97-43-15-24-52-109(97)123(112(100)71-87)105-48-20-11-39-93(105)94-40-12-21-49-106(94)123/h1-74H. The zero-order valence-electron chi connectivity index (χ0n) is 69.9. The van der Waals surface area contributed by atoms with Gasteiger partial charge in [-0.2, -0.15) is 0 Å². The Balaban J connectivity index is 0.557. The molecule has 27 rings (SSSR count). The van der Waals surface area contributed by atoms with Crippen molar-refractivity contribution in [3.05, 3.63) is 516 Å². The predicted molar refractivity (Wildman–Crippen MR) is 522 cm³/mol. The molecule has 3 spiro atoms. The Bertz CT molecular complexity index is 8120. The van der Waals surface area contributed by atoms with Gasteiger partial charge in [0.2, 0.25) is 0 Å². The van der Waals surface area contributed by atoms with Crippen LogP contribution >= 0.6 is 0 Å². The summed E-state index contributed by atoms with van der Waals surface area (Å²) in [5.41, 5.74) is 46.5. The minimum absolute atomic E-state index is 0.472. The fourth-order valence-corrected chi connectivity index (χ4v) is 22.9. The van der Waals surface area contributed by atoms with E-state index < -0.39 is 16.2 Å². The molecule has 3 heterocycles. The number of aromatic nitrogens is 6. The molecule has 0 fully saturated rings. The van der Waals surface area contributed by atoms with Crippen molar-refractivity contribution in [2.75, 3.05) is 0 Å². The number of benzene rings is 18. The van der Waals surface area contributed by atoms with Gasteiger partial charge in [0.15, 0.2) is 23.3 Å². The molecule has 18 aromatic carbocycles. The van der Waals surface area contributed by atoms with Crippen LogP contribution in [-0.4, -0.2) is 29.9 Å². The molecule has 0 saturated carbocycles. The largest absolute Gasteiger partial charge is 0.248 e. The summed E-state index contributed by atoms with van der Waals surface area (Å²) in [6.07, 6.45) is 0. The first-order chi connectivity index (χ1) is 63.9. The van der Waals surface area contributed by atoms with Crippen molar-refractivity contribution in [3.8, 4) is 191 Å². The first-order valence-electron chi connectivity index (χ1n) is 44.4. The molecule has 0 amide bonds. The zero-order chi connectivity index (χ0) is 84.6. The number of pyridine rings is 1. The van der Waals surface area contributed by atoms with Gasteiger partial charge in [-0.25, -0.2) is 29.9 Å². The number of fused-ring (bicyclic) bond motifs is 30. The minimum Gasteiger partial charge on any atom is -0.248 e. The zero-order valence-corrected chi connectivity index (χ0v) is 69.9. The molecule has 6 nitrogen and oxygen atoms in total. The van der Waals surface area contributed by atoms with E-state index in [9.17, 15) is 0 Å². The summed E-state index contributed by atoms with van der Waals surface area (Å²) in [4.78, 5) is 32.9. The van der Waals surface area contributed by atoms with Gasteiger partial charge in [0.1, 0.15) is 0 Å². The predicted octanol–water partition coefficient (Wildman–Crippen LogP) is 29.4. The third kappa shape index (κ3) is 10.6. The van der Waals surface area contributed by atoms with Gasteiger partial charge in [0, 0.05) is 44.5 Å². The van der Waals surface area contributed by atoms with Crippen LogP contribution < -0.4 is 0 Å². The molecule has 0 saturated heterocycles. The Morgan fingerprint density at radius 3 is 0.690 bits per heavy atom. The van der Waals surface area contributed by atoms with Gasteiger partial charge in [-0.1, -0.05) is 400 Å². The normalized spacial score (nSPS) is 13.6. The smallest absolute Gasteiger partial charge is 0.164 e. The summed E-state index contributed by atoms with van der Waals surface area (Å²) < 4.78 is 0. The Labute approximate surface area is 747 Å². The van der Waals surface area contributed by atoms with Gasteiger partial charge in [0.25, 0.3) is 0 Å². The maximum absolute atomic E-state index is 5.67. The monoisotopic (exact) mass is 1630 g/mol. The van der Waals surface area contributed by atoms with Crippen molar-refractivity contribution in [2.24, 2.45) is 0 Å². The van der Waals surface area contributed by atoms with E-state index in [1.165, 1.54) is 134 Å². The molecule has 6 aliphatic rings. The van der Waals surface area contributed by atoms with E-state index in [1.807, 2.05) is 18.2 Å². The lowest BCUT2D eigenvalue weighted by atomic mass is 9.70. The quantitative estimate of drug-likeness (QED) is 0.128. The fraction of sp³-hybridized carbons (Fsp3) is 0.0244. The topological polar surface area (TPSA) is 77.3 Å². The van der Waals surface area contributed by atoms with Crippen LogP contribution in [0, 0.1) is 0 Å².